The Bertz CT molecular complexity index is 891. The third-order valence-corrected chi connectivity index (χ3v) is 5.75. The first-order valence-corrected chi connectivity index (χ1v) is 9.32. The zero-order valence-electron chi connectivity index (χ0n) is 14.0. The molecule has 9 heteroatoms. The van der Waals surface area contributed by atoms with Gasteiger partial charge in [-0.05, 0) is 19.1 Å². The molecule has 2 aliphatic heterocycles. The summed E-state index contributed by atoms with van der Waals surface area (Å²) < 4.78 is 7.28. The van der Waals surface area contributed by atoms with Crippen LogP contribution in [0, 0.1) is 12.8 Å². The fraction of sp³-hybridized carbons (Fsp3) is 0.500. The van der Waals surface area contributed by atoms with Gasteiger partial charge in [-0.3, -0.25) is 0 Å². The molecule has 25 heavy (non-hydrogen) atoms. The van der Waals surface area contributed by atoms with E-state index in [9.17, 15) is 0 Å². The van der Waals surface area contributed by atoms with Crippen LogP contribution in [0.2, 0.25) is 0 Å². The molecule has 0 spiro atoms. The molecule has 1 N–H and O–H groups in total. The van der Waals surface area contributed by atoms with Crippen molar-refractivity contribution in [2.45, 2.75) is 20.0 Å². The normalized spacial score (nSPS) is 17.6. The van der Waals surface area contributed by atoms with E-state index in [1.165, 1.54) is 10.6 Å². The minimum Gasteiger partial charge on any atom is -0.375 e. The van der Waals surface area contributed by atoms with E-state index in [1.807, 2.05) is 19.1 Å². The first-order chi connectivity index (χ1) is 12.3. The van der Waals surface area contributed by atoms with E-state index in [0.29, 0.717) is 12.5 Å². The summed E-state index contributed by atoms with van der Waals surface area (Å²) in [5, 5.41) is 17.3. The van der Waals surface area contributed by atoms with Crippen LogP contribution in [0.5, 0.6) is 0 Å². The number of hydrogen-bond donors (Lipinski definition) is 1. The van der Waals surface area contributed by atoms with Crippen LogP contribution in [0.3, 0.4) is 0 Å². The predicted octanol–water partition coefficient (Wildman–Crippen LogP) is 1.51. The molecule has 0 saturated carbocycles. The van der Waals surface area contributed by atoms with E-state index in [4.69, 9.17) is 4.74 Å². The number of hydrogen-bond acceptors (Lipinski definition) is 8. The number of ether oxygens (including phenoxy) is 1. The molecule has 0 bridgehead atoms. The van der Waals surface area contributed by atoms with Gasteiger partial charge in [0.25, 0.3) is 0 Å². The summed E-state index contributed by atoms with van der Waals surface area (Å²) in [5.74, 6) is 2.40. The lowest BCUT2D eigenvalue weighted by Crippen LogP contribution is -2.50. The lowest BCUT2D eigenvalue weighted by atomic mass is 10.0. The van der Waals surface area contributed by atoms with Gasteiger partial charge in [-0.25, -0.2) is 4.98 Å². The van der Waals surface area contributed by atoms with Crippen molar-refractivity contribution in [3.63, 3.8) is 0 Å². The molecule has 8 nitrogen and oxygen atoms in total. The van der Waals surface area contributed by atoms with Crippen LogP contribution < -0.4 is 10.2 Å². The summed E-state index contributed by atoms with van der Waals surface area (Å²) in [7, 11) is 0. The van der Waals surface area contributed by atoms with Crippen molar-refractivity contribution in [3.05, 3.63) is 28.5 Å². The number of rotatable bonds is 4. The molecule has 0 aromatic carbocycles. The largest absolute Gasteiger partial charge is 0.375 e. The maximum absolute atomic E-state index is 5.48. The van der Waals surface area contributed by atoms with E-state index in [0.717, 1.165) is 55.1 Å². The Kier molecular flexibility index (Phi) is 3.56. The molecular formula is C16H19N7OS. The molecule has 5 heterocycles. The van der Waals surface area contributed by atoms with Crippen LogP contribution in [-0.4, -0.2) is 51.0 Å². The lowest BCUT2D eigenvalue weighted by molar-refractivity contribution is 0.112. The fourth-order valence-corrected chi connectivity index (χ4v) is 4.23. The maximum Gasteiger partial charge on any atom is 0.183 e. The number of aryl methyl sites for hydroxylation is 1. The molecule has 5 rings (SSSR count). The number of anilines is 2. The Labute approximate surface area is 148 Å². The van der Waals surface area contributed by atoms with Gasteiger partial charge in [-0.15, -0.1) is 15.3 Å². The van der Waals surface area contributed by atoms with Gasteiger partial charge in [0.15, 0.2) is 16.6 Å². The quantitative estimate of drug-likeness (QED) is 0.758. The maximum atomic E-state index is 5.48. The van der Waals surface area contributed by atoms with Gasteiger partial charge in [-0.2, -0.15) is 4.52 Å². The molecule has 1 saturated heterocycles. The van der Waals surface area contributed by atoms with E-state index < -0.39 is 0 Å². The average molecular weight is 357 g/mol. The second-order valence-corrected chi connectivity index (χ2v) is 7.64. The molecule has 3 aromatic heterocycles. The summed E-state index contributed by atoms with van der Waals surface area (Å²) in [5.41, 5.74) is 1.99. The third-order valence-electron chi connectivity index (χ3n) is 4.72. The number of nitrogens with zero attached hydrogens (tertiary/aromatic N) is 6. The molecule has 3 aromatic rings. The minimum atomic E-state index is 0.608. The zero-order valence-corrected chi connectivity index (χ0v) is 14.8. The Hall–Kier alpha value is -2.26. The highest BCUT2D eigenvalue weighted by Crippen LogP contribution is 2.28. The van der Waals surface area contributed by atoms with E-state index in [-0.39, 0.29) is 0 Å². The van der Waals surface area contributed by atoms with E-state index in [2.05, 4.69) is 30.5 Å². The van der Waals surface area contributed by atoms with Crippen molar-refractivity contribution < 1.29 is 4.74 Å². The van der Waals surface area contributed by atoms with Crippen LogP contribution in [0.4, 0.5) is 10.9 Å². The molecule has 0 aliphatic carbocycles. The van der Waals surface area contributed by atoms with Crippen LogP contribution >= 0.6 is 11.3 Å². The smallest absolute Gasteiger partial charge is 0.183 e. The molecule has 1 fully saturated rings. The molecule has 0 atom stereocenters. The Morgan fingerprint density at radius 1 is 1.32 bits per heavy atom. The first kappa shape index (κ1) is 15.0. The van der Waals surface area contributed by atoms with Crippen molar-refractivity contribution in [2.24, 2.45) is 5.92 Å². The molecule has 2 aliphatic rings. The van der Waals surface area contributed by atoms with Gasteiger partial charge in [0.1, 0.15) is 5.82 Å². The highest BCUT2D eigenvalue weighted by Gasteiger charge is 2.28. The van der Waals surface area contributed by atoms with E-state index in [1.54, 1.807) is 15.9 Å². The average Bonchev–Trinajstić information content (AvgIpc) is 3.17. The van der Waals surface area contributed by atoms with Gasteiger partial charge in [0, 0.05) is 32.0 Å². The van der Waals surface area contributed by atoms with Gasteiger partial charge in [0.2, 0.25) is 0 Å². The minimum absolute atomic E-state index is 0.608. The lowest BCUT2D eigenvalue weighted by Gasteiger charge is -2.40. The molecule has 0 amide bonds. The van der Waals surface area contributed by atoms with Crippen molar-refractivity contribution in [2.75, 3.05) is 36.5 Å². The second-order valence-electron chi connectivity index (χ2n) is 6.55. The van der Waals surface area contributed by atoms with E-state index >= 15 is 0 Å². The van der Waals surface area contributed by atoms with Gasteiger partial charge >= 0.3 is 0 Å². The van der Waals surface area contributed by atoms with Crippen LogP contribution in [-0.2, 0) is 17.8 Å². The molecular weight excluding hydrogens is 338 g/mol. The zero-order chi connectivity index (χ0) is 16.8. The van der Waals surface area contributed by atoms with Gasteiger partial charge < -0.3 is 15.0 Å². The summed E-state index contributed by atoms with van der Waals surface area (Å²) in [6.45, 7) is 6.36. The highest BCUT2D eigenvalue weighted by atomic mass is 32.1. The fourth-order valence-electron chi connectivity index (χ4n) is 3.27. The van der Waals surface area contributed by atoms with Crippen molar-refractivity contribution in [1.29, 1.82) is 0 Å². The first-order valence-electron chi connectivity index (χ1n) is 8.50. The predicted molar refractivity (Wildman–Crippen MR) is 95.2 cm³/mol. The van der Waals surface area contributed by atoms with Crippen molar-refractivity contribution in [3.8, 4) is 0 Å². The van der Waals surface area contributed by atoms with Gasteiger partial charge in [0.05, 0.1) is 23.8 Å². The molecule has 0 unspecified atom stereocenters. The molecule has 0 radical (unpaired) electrons. The number of thiazole rings is 1. The highest BCUT2D eigenvalue weighted by molar-refractivity contribution is 7.15. The standard InChI is InChI=1S/C16H19N7OS/c1-10-19-20-14-2-3-15(21-23(10)14)22-7-11(8-22)6-17-16-18-12-4-5-24-9-13(12)25-16/h2-3,11H,4-9H2,1H3,(H,17,18). The Morgan fingerprint density at radius 2 is 2.24 bits per heavy atom. The number of fused-ring (bicyclic) bond motifs is 2. The van der Waals surface area contributed by atoms with Crippen LogP contribution in [0.15, 0.2) is 12.1 Å². The third kappa shape index (κ3) is 2.73. The van der Waals surface area contributed by atoms with Crippen LogP contribution in [0.25, 0.3) is 5.65 Å². The monoisotopic (exact) mass is 357 g/mol. The second kappa shape index (κ2) is 5.92. The molecule has 130 valence electrons. The Morgan fingerprint density at radius 3 is 3.12 bits per heavy atom. The van der Waals surface area contributed by atoms with Gasteiger partial charge in [-0.1, -0.05) is 11.3 Å². The topological polar surface area (TPSA) is 80.5 Å². The summed E-state index contributed by atoms with van der Waals surface area (Å²) in [4.78, 5) is 8.23. The Balaban J connectivity index is 1.18. The summed E-state index contributed by atoms with van der Waals surface area (Å²) in [6.07, 6.45) is 0.932. The SMILES string of the molecule is Cc1nnc2ccc(N3CC(CNc4nc5c(s4)COCC5)C3)nn12. The van der Waals surface area contributed by atoms with Crippen molar-refractivity contribution >= 4 is 27.9 Å². The van der Waals surface area contributed by atoms with Crippen LogP contribution in [0.1, 0.15) is 16.4 Å². The summed E-state index contributed by atoms with van der Waals surface area (Å²) >= 11 is 1.72. The number of nitrogens with one attached hydrogen (secondary N) is 1. The van der Waals surface area contributed by atoms with Crippen molar-refractivity contribution in [1.82, 2.24) is 24.8 Å². The summed E-state index contributed by atoms with van der Waals surface area (Å²) in [6, 6.07) is 3.98. The number of aromatic nitrogens is 5.